The lowest BCUT2D eigenvalue weighted by Crippen LogP contribution is -2.56. The van der Waals surface area contributed by atoms with Crippen molar-refractivity contribution < 1.29 is 22.4 Å². The maximum atomic E-state index is 14.5. The molecule has 4 aromatic carbocycles. The standard InChI is InChI=1S/C34H34Cl2FN3O4S/c1-34(2,3)38-33(42)31(20-24-10-6-4-7-11-24)39(22-25-14-15-26(35)21-30(25)36)32(41)23-40(28-12-8-5-9-13-28)45(43,44)29-18-16-27(37)17-19-29/h4-19,21,31H,20,22-23H2,1-3H3,(H,38,42)/t31-/m0/s1. The van der Waals surface area contributed by atoms with Crippen LogP contribution >= 0.6 is 23.2 Å². The van der Waals surface area contributed by atoms with E-state index in [0.29, 0.717) is 10.6 Å². The summed E-state index contributed by atoms with van der Waals surface area (Å²) in [4.78, 5) is 29.5. The van der Waals surface area contributed by atoms with Crippen molar-refractivity contribution in [2.75, 3.05) is 10.8 Å². The van der Waals surface area contributed by atoms with Crippen molar-refractivity contribution in [2.45, 2.75) is 50.2 Å². The second-order valence-corrected chi connectivity index (χ2v) is 14.2. The number of hydrogen-bond acceptors (Lipinski definition) is 4. The second-order valence-electron chi connectivity index (χ2n) is 11.5. The second kappa shape index (κ2) is 14.5. The van der Waals surface area contributed by atoms with Crippen LogP contribution in [0.1, 0.15) is 31.9 Å². The van der Waals surface area contributed by atoms with Crippen LogP contribution in [0.5, 0.6) is 0 Å². The number of carbonyl (C=O) groups is 2. The van der Waals surface area contributed by atoms with Crippen LogP contribution in [0.4, 0.5) is 10.1 Å². The summed E-state index contributed by atoms with van der Waals surface area (Å²) in [5.41, 5.74) is 0.910. The van der Waals surface area contributed by atoms with E-state index in [1.807, 2.05) is 51.1 Å². The van der Waals surface area contributed by atoms with Crippen LogP contribution in [0.2, 0.25) is 10.0 Å². The lowest BCUT2D eigenvalue weighted by atomic mass is 10.0. The van der Waals surface area contributed by atoms with Gasteiger partial charge in [-0.05, 0) is 80.4 Å². The van der Waals surface area contributed by atoms with Crippen molar-refractivity contribution in [1.29, 1.82) is 0 Å². The van der Waals surface area contributed by atoms with Gasteiger partial charge in [-0.25, -0.2) is 12.8 Å². The Hall–Kier alpha value is -3.92. The summed E-state index contributed by atoms with van der Waals surface area (Å²) in [5, 5.41) is 3.66. The Morgan fingerprint density at radius 2 is 1.47 bits per heavy atom. The maximum absolute atomic E-state index is 14.5. The van der Waals surface area contributed by atoms with E-state index in [-0.39, 0.29) is 28.6 Å². The van der Waals surface area contributed by atoms with E-state index in [0.717, 1.165) is 34.1 Å². The van der Waals surface area contributed by atoms with Gasteiger partial charge in [-0.1, -0.05) is 77.8 Å². The first-order chi connectivity index (χ1) is 21.2. The van der Waals surface area contributed by atoms with Crippen LogP contribution in [-0.4, -0.2) is 43.3 Å². The molecular weight excluding hydrogens is 636 g/mol. The first-order valence-electron chi connectivity index (χ1n) is 14.2. The highest BCUT2D eigenvalue weighted by atomic mass is 35.5. The average Bonchev–Trinajstić information content (AvgIpc) is 2.98. The zero-order valence-electron chi connectivity index (χ0n) is 25.1. The van der Waals surface area contributed by atoms with E-state index in [4.69, 9.17) is 23.2 Å². The molecule has 0 saturated carbocycles. The van der Waals surface area contributed by atoms with Crippen molar-refractivity contribution in [2.24, 2.45) is 0 Å². The molecule has 45 heavy (non-hydrogen) atoms. The highest BCUT2D eigenvalue weighted by molar-refractivity contribution is 7.92. The number of halogens is 3. The van der Waals surface area contributed by atoms with Gasteiger partial charge in [0, 0.05) is 28.5 Å². The maximum Gasteiger partial charge on any atom is 0.264 e. The van der Waals surface area contributed by atoms with E-state index in [2.05, 4.69) is 5.32 Å². The van der Waals surface area contributed by atoms with Crippen molar-refractivity contribution in [1.82, 2.24) is 10.2 Å². The first kappa shape index (κ1) is 34.0. The van der Waals surface area contributed by atoms with Gasteiger partial charge in [-0.3, -0.25) is 13.9 Å². The first-order valence-corrected chi connectivity index (χ1v) is 16.4. The minimum absolute atomic E-state index is 0.108. The van der Waals surface area contributed by atoms with Gasteiger partial charge in [-0.15, -0.1) is 0 Å². The molecule has 1 N–H and O–H groups in total. The molecule has 1 atom stereocenters. The predicted octanol–water partition coefficient (Wildman–Crippen LogP) is 6.88. The predicted molar refractivity (Wildman–Crippen MR) is 176 cm³/mol. The summed E-state index contributed by atoms with van der Waals surface area (Å²) in [6, 6.07) is 25.5. The van der Waals surface area contributed by atoms with E-state index in [1.165, 1.54) is 11.0 Å². The highest BCUT2D eigenvalue weighted by Crippen LogP contribution is 2.27. The number of carbonyl (C=O) groups excluding carboxylic acids is 2. The molecule has 0 aliphatic heterocycles. The molecule has 2 amide bonds. The quantitative estimate of drug-likeness (QED) is 0.189. The topological polar surface area (TPSA) is 86.8 Å². The Morgan fingerprint density at radius 3 is 2.04 bits per heavy atom. The number of benzene rings is 4. The molecule has 0 unspecified atom stereocenters. The fourth-order valence-electron chi connectivity index (χ4n) is 4.70. The molecule has 0 saturated heterocycles. The molecule has 0 bridgehead atoms. The Kier molecular flexibility index (Phi) is 10.9. The van der Waals surface area contributed by atoms with Crippen LogP contribution in [0.15, 0.2) is 108 Å². The van der Waals surface area contributed by atoms with Crippen molar-refractivity contribution >= 4 is 50.7 Å². The van der Waals surface area contributed by atoms with Crippen LogP contribution in [-0.2, 0) is 32.6 Å². The lowest BCUT2D eigenvalue weighted by Gasteiger charge is -2.35. The summed E-state index contributed by atoms with van der Waals surface area (Å²) in [6.45, 7) is 4.74. The van der Waals surface area contributed by atoms with Crippen LogP contribution in [0.3, 0.4) is 0 Å². The molecule has 0 radical (unpaired) electrons. The summed E-state index contributed by atoms with van der Waals surface area (Å²) in [6.07, 6.45) is 0.149. The number of sulfonamides is 1. The molecule has 0 aliphatic rings. The van der Waals surface area contributed by atoms with Gasteiger partial charge in [-0.2, -0.15) is 0 Å². The van der Waals surface area contributed by atoms with Crippen molar-refractivity contribution in [3.63, 3.8) is 0 Å². The molecule has 4 rings (SSSR count). The highest BCUT2D eigenvalue weighted by Gasteiger charge is 2.36. The van der Waals surface area contributed by atoms with E-state index in [1.54, 1.807) is 42.5 Å². The van der Waals surface area contributed by atoms with Crippen molar-refractivity contribution in [3.05, 3.63) is 130 Å². The Bertz CT molecular complexity index is 1730. The van der Waals surface area contributed by atoms with Gasteiger partial charge in [0.05, 0.1) is 10.6 Å². The summed E-state index contributed by atoms with van der Waals surface area (Å²) >= 11 is 12.7. The molecule has 7 nitrogen and oxygen atoms in total. The van der Waals surface area contributed by atoms with Gasteiger partial charge < -0.3 is 10.2 Å². The largest absolute Gasteiger partial charge is 0.350 e. The number of nitrogens with one attached hydrogen (secondary N) is 1. The lowest BCUT2D eigenvalue weighted by molar-refractivity contribution is -0.140. The van der Waals surface area contributed by atoms with Gasteiger partial charge in [0.1, 0.15) is 18.4 Å². The van der Waals surface area contributed by atoms with Crippen LogP contribution in [0.25, 0.3) is 0 Å². The number of hydrogen-bond donors (Lipinski definition) is 1. The van der Waals surface area contributed by atoms with E-state index >= 15 is 0 Å². The number of amides is 2. The minimum atomic E-state index is -4.34. The fraction of sp³-hybridized carbons (Fsp3) is 0.235. The molecule has 236 valence electrons. The van der Waals surface area contributed by atoms with Gasteiger partial charge >= 0.3 is 0 Å². The molecule has 0 aromatic heterocycles. The summed E-state index contributed by atoms with van der Waals surface area (Å²) in [5.74, 6) is -1.67. The molecule has 0 fully saturated rings. The molecule has 11 heteroatoms. The molecule has 0 heterocycles. The number of nitrogens with zero attached hydrogens (tertiary/aromatic N) is 2. The summed E-state index contributed by atoms with van der Waals surface area (Å²) in [7, 11) is -4.34. The molecule has 0 spiro atoms. The molecule has 0 aliphatic carbocycles. The van der Waals surface area contributed by atoms with Gasteiger partial charge in [0.2, 0.25) is 11.8 Å². The minimum Gasteiger partial charge on any atom is -0.350 e. The van der Waals surface area contributed by atoms with Gasteiger partial charge in [0.15, 0.2) is 0 Å². The molecular formula is C34H34Cl2FN3O4S. The number of rotatable bonds is 11. The zero-order chi connectivity index (χ0) is 32.8. The monoisotopic (exact) mass is 669 g/mol. The average molecular weight is 671 g/mol. The van der Waals surface area contributed by atoms with E-state index in [9.17, 15) is 22.4 Å². The Labute approximate surface area is 273 Å². The Morgan fingerprint density at radius 1 is 0.867 bits per heavy atom. The summed E-state index contributed by atoms with van der Waals surface area (Å²) < 4.78 is 42.6. The Balaban J connectivity index is 1.82. The SMILES string of the molecule is CC(C)(C)NC(=O)[C@H](Cc1ccccc1)N(Cc1ccc(Cl)cc1Cl)C(=O)CN(c1ccccc1)S(=O)(=O)c1ccc(F)cc1. The van der Waals surface area contributed by atoms with Gasteiger partial charge in [0.25, 0.3) is 10.0 Å². The third-order valence-electron chi connectivity index (χ3n) is 6.85. The fourth-order valence-corrected chi connectivity index (χ4v) is 6.58. The molecule has 4 aromatic rings. The normalized spacial score (nSPS) is 12.3. The van der Waals surface area contributed by atoms with Crippen LogP contribution < -0.4 is 9.62 Å². The number of anilines is 1. The smallest absolute Gasteiger partial charge is 0.264 e. The van der Waals surface area contributed by atoms with Crippen LogP contribution in [0, 0.1) is 5.82 Å². The number of para-hydroxylation sites is 1. The van der Waals surface area contributed by atoms with Crippen molar-refractivity contribution in [3.8, 4) is 0 Å². The van der Waals surface area contributed by atoms with E-state index < -0.39 is 45.8 Å². The zero-order valence-corrected chi connectivity index (χ0v) is 27.4. The third-order valence-corrected chi connectivity index (χ3v) is 9.22. The third kappa shape index (κ3) is 9.06.